The number of nitrogens with one attached hydrogen (secondary N) is 1. The number of benzene rings is 1. The Balaban J connectivity index is 2.06. The van der Waals surface area contributed by atoms with Gasteiger partial charge in [-0.1, -0.05) is 27.7 Å². The number of nitrogens with zero attached hydrogens (tertiary/aromatic N) is 1. The number of carbonyl (C=O) groups is 1. The Bertz CT molecular complexity index is 655. The number of carbonyl (C=O) groups excluding carboxylic acids is 1. The van der Waals surface area contributed by atoms with Crippen molar-refractivity contribution in [3.05, 3.63) is 30.0 Å². The van der Waals surface area contributed by atoms with E-state index in [2.05, 4.69) is 29.9 Å². The van der Waals surface area contributed by atoms with Gasteiger partial charge in [-0.25, -0.2) is 0 Å². The van der Waals surface area contributed by atoms with Gasteiger partial charge in [-0.05, 0) is 50.0 Å². The van der Waals surface area contributed by atoms with Crippen LogP contribution >= 0.6 is 0 Å². The molecule has 0 bridgehead atoms. The summed E-state index contributed by atoms with van der Waals surface area (Å²) in [7, 11) is 0. The molecule has 4 nitrogen and oxygen atoms in total. The van der Waals surface area contributed by atoms with Crippen molar-refractivity contribution in [3.63, 3.8) is 0 Å². The first-order valence-corrected chi connectivity index (χ1v) is 9.09. The molecule has 1 N–H and O–H groups in total. The van der Waals surface area contributed by atoms with Crippen LogP contribution in [0.2, 0.25) is 0 Å². The number of aromatic nitrogens is 1. The second-order valence-electron chi connectivity index (χ2n) is 6.69. The van der Waals surface area contributed by atoms with E-state index >= 15 is 0 Å². The van der Waals surface area contributed by atoms with Crippen LogP contribution in [0.4, 0.5) is 0 Å². The molecule has 0 aliphatic rings. The molecular formula is C20H30N2O2. The molecule has 0 amide bonds. The maximum atomic E-state index is 11.7. The minimum atomic E-state index is -0.198. The van der Waals surface area contributed by atoms with Crippen molar-refractivity contribution >= 4 is 16.9 Å². The van der Waals surface area contributed by atoms with Crippen molar-refractivity contribution in [2.24, 2.45) is 5.92 Å². The Labute approximate surface area is 145 Å². The van der Waals surface area contributed by atoms with Gasteiger partial charge in [0, 0.05) is 29.7 Å². The fourth-order valence-corrected chi connectivity index (χ4v) is 2.92. The average Bonchev–Trinajstić information content (AvgIpc) is 2.95. The number of rotatable bonds is 9. The van der Waals surface area contributed by atoms with Crippen molar-refractivity contribution in [1.29, 1.82) is 0 Å². The van der Waals surface area contributed by atoms with Gasteiger partial charge in [-0.15, -0.1) is 0 Å². The molecule has 4 heteroatoms. The van der Waals surface area contributed by atoms with E-state index in [1.807, 2.05) is 32.0 Å². The Morgan fingerprint density at radius 2 is 1.88 bits per heavy atom. The van der Waals surface area contributed by atoms with Crippen molar-refractivity contribution in [2.45, 2.75) is 47.0 Å². The summed E-state index contributed by atoms with van der Waals surface area (Å²) in [5.74, 6) is 0.284. The van der Waals surface area contributed by atoms with Gasteiger partial charge in [0.1, 0.15) is 5.75 Å². The summed E-state index contributed by atoms with van der Waals surface area (Å²) in [6, 6.07) is 5.85. The summed E-state index contributed by atoms with van der Waals surface area (Å²) in [6.07, 6.45) is 5.50. The van der Waals surface area contributed by atoms with Gasteiger partial charge in [0.15, 0.2) is 0 Å². The smallest absolute Gasteiger partial charge is 0.313 e. The third-order valence-electron chi connectivity index (χ3n) is 4.21. The SMILES string of the molecule is CCCN(CCC)CCc1c[nH]c2cc(OC(=O)C(C)C)ccc12. The van der Waals surface area contributed by atoms with E-state index in [0.717, 1.165) is 31.6 Å². The van der Waals surface area contributed by atoms with E-state index in [1.165, 1.54) is 23.8 Å². The first kappa shape index (κ1) is 18.5. The topological polar surface area (TPSA) is 45.3 Å². The third-order valence-corrected chi connectivity index (χ3v) is 4.21. The van der Waals surface area contributed by atoms with E-state index in [-0.39, 0.29) is 11.9 Å². The molecule has 0 saturated carbocycles. The average molecular weight is 330 g/mol. The molecule has 1 heterocycles. The minimum Gasteiger partial charge on any atom is -0.426 e. The zero-order valence-electron chi connectivity index (χ0n) is 15.4. The molecule has 24 heavy (non-hydrogen) atoms. The van der Waals surface area contributed by atoms with Gasteiger partial charge >= 0.3 is 5.97 Å². The lowest BCUT2D eigenvalue weighted by atomic mass is 10.1. The van der Waals surface area contributed by atoms with Crippen LogP contribution in [0.15, 0.2) is 24.4 Å². The van der Waals surface area contributed by atoms with Crippen LogP contribution in [0, 0.1) is 5.92 Å². The van der Waals surface area contributed by atoms with Gasteiger partial charge in [-0.2, -0.15) is 0 Å². The lowest BCUT2D eigenvalue weighted by Crippen LogP contribution is -2.27. The second kappa shape index (κ2) is 8.88. The van der Waals surface area contributed by atoms with Crippen molar-refractivity contribution in [3.8, 4) is 5.75 Å². The number of aromatic amines is 1. The number of ether oxygens (including phenoxy) is 1. The number of esters is 1. The molecule has 0 radical (unpaired) electrons. The summed E-state index contributed by atoms with van der Waals surface area (Å²) in [4.78, 5) is 17.6. The maximum absolute atomic E-state index is 11.7. The van der Waals surface area contributed by atoms with Gasteiger partial charge in [0.2, 0.25) is 0 Å². The fraction of sp³-hybridized carbons (Fsp3) is 0.550. The maximum Gasteiger partial charge on any atom is 0.313 e. The van der Waals surface area contributed by atoms with Gasteiger partial charge < -0.3 is 14.6 Å². The minimum absolute atomic E-state index is 0.122. The molecule has 0 saturated heterocycles. The second-order valence-corrected chi connectivity index (χ2v) is 6.69. The molecule has 0 aliphatic carbocycles. The Morgan fingerprint density at radius 3 is 2.50 bits per heavy atom. The molecular weight excluding hydrogens is 300 g/mol. The van der Waals surface area contributed by atoms with Crippen molar-refractivity contribution < 1.29 is 9.53 Å². The Morgan fingerprint density at radius 1 is 1.17 bits per heavy atom. The quantitative estimate of drug-likeness (QED) is 0.548. The summed E-state index contributed by atoms with van der Waals surface area (Å²) in [5.41, 5.74) is 2.35. The third kappa shape index (κ3) is 4.84. The van der Waals surface area contributed by atoms with E-state index in [0.29, 0.717) is 5.75 Å². The zero-order chi connectivity index (χ0) is 17.5. The molecule has 2 rings (SSSR count). The fourth-order valence-electron chi connectivity index (χ4n) is 2.92. The van der Waals surface area contributed by atoms with Crippen LogP contribution in [0.25, 0.3) is 10.9 Å². The number of fused-ring (bicyclic) bond motifs is 1. The van der Waals surface area contributed by atoms with Crippen LogP contribution < -0.4 is 4.74 Å². The molecule has 0 atom stereocenters. The Kier molecular flexibility index (Phi) is 6.85. The molecule has 0 spiro atoms. The van der Waals surface area contributed by atoms with E-state index in [9.17, 15) is 4.79 Å². The largest absolute Gasteiger partial charge is 0.426 e. The highest BCUT2D eigenvalue weighted by molar-refractivity contribution is 5.85. The van der Waals surface area contributed by atoms with Crippen molar-refractivity contribution in [2.75, 3.05) is 19.6 Å². The van der Waals surface area contributed by atoms with Gasteiger partial charge in [0.25, 0.3) is 0 Å². The molecule has 0 aliphatic heterocycles. The predicted molar refractivity (Wildman–Crippen MR) is 99.5 cm³/mol. The molecule has 132 valence electrons. The van der Waals surface area contributed by atoms with E-state index < -0.39 is 0 Å². The molecule has 1 aromatic heterocycles. The van der Waals surface area contributed by atoms with Crippen LogP contribution in [-0.2, 0) is 11.2 Å². The zero-order valence-corrected chi connectivity index (χ0v) is 15.4. The number of hydrogen-bond acceptors (Lipinski definition) is 3. The van der Waals surface area contributed by atoms with Crippen molar-refractivity contribution in [1.82, 2.24) is 9.88 Å². The van der Waals surface area contributed by atoms with Crippen LogP contribution in [0.1, 0.15) is 46.1 Å². The van der Waals surface area contributed by atoms with Crippen LogP contribution in [0.5, 0.6) is 5.75 Å². The summed E-state index contributed by atoms with van der Waals surface area (Å²) in [5, 5.41) is 1.22. The van der Waals surface area contributed by atoms with Crippen LogP contribution in [-0.4, -0.2) is 35.5 Å². The van der Waals surface area contributed by atoms with E-state index in [1.54, 1.807) is 0 Å². The van der Waals surface area contributed by atoms with Gasteiger partial charge in [-0.3, -0.25) is 4.79 Å². The van der Waals surface area contributed by atoms with Crippen LogP contribution in [0.3, 0.4) is 0 Å². The molecule has 0 fully saturated rings. The van der Waals surface area contributed by atoms with E-state index in [4.69, 9.17) is 4.74 Å². The highest BCUT2D eigenvalue weighted by atomic mass is 16.5. The monoisotopic (exact) mass is 330 g/mol. The number of hydrogen-bond donors (Lipinski definition) is 1. The molecule has 2 aromatic rings. The first-order chi connectivity index (χ1) is 11.5. The lowest BCUT2D eigenvalue weighted by molar-refractivity contribution is -0.137. The standard InChI is InChI=1S/C20H30N2O2/c1-5-10-22(11-6-2)12-9-16-14-21-19-13-17(7-8-18(16)19)24-20(23)15(3)4/h7-8,13-15,21H,5-6,9-12H2,1-4H3. The molecule has 1 aromatic carbocycles. The van der Waals surface area contributed by atoms with Gasteiger partial charge in [0.05, 0.1) is 5.92 Å². The first-order valence-electron chi connectivity index (χ1n) is 9.09. The molecule has 0 unspecified atom stereocenters. The predicted octanol–water partition coefficient (Wildman–Crippen LogP) is 4.39. The summed E-state index contributed by atoms with van der Waals surface area (Å²) < 4.78 is 5.39. The summed E-state index contributed by atoms with van der Waals surface area (Å²) in [6.45, 7) is 11.5. The highest BCUT2D eigenvalue weighted by Gasteiger charge is 2.12. The number of H-pyrrole nitrogens is 1. The summed E-state index contributed by atoms with van der Waals surface area (Å²) >= 11 is 0. The highest BCUT2D eigenvalue weighted by Crippen LogP contribution is 2.24. The Hall–Kier alpha value is -1.81. The lowest BCUT2D eigenvalue weighted by Gasteiger charge is -2.20. The normalized spacial score (nSPS) is 11.6.